The molecule has 0 radical (unpaired) electrons. The van der Waals surface area contributed by atoms with E-state index in [2.05, 4.69) is 34.9 Å². The van der Waals surface area contributed by atoms with Crippen LogP contribution in [0.2, 0.25) is 0 Å². The molecule has 0 saturated heterocycles. The summed E-state index contributed by atoms with van der Waals surface area (Å²) in [5, 5.41) is 14.9. The van der Waals surface area contributed by atoms with E-state index in [-0.39, 0.29) is 25.6 Å². The molecule has 5 rings (SSSR count). The second-order valence-electron chi connectivity index (χ2n) is 10.2. The maximum Gasteiger partial charge on any atom is 0.411 e. The van der Waals surface area contributed by atoms with Gasteiger partial charge in [0, 0.05) is 11.6 Å². The molecule has 0 bridgehead atoms. The van der Waals surface area contributed by atoms with E-state index in [4.69, 9.17) is 9.47 Å². The minimum atomic E-state index is -1.20. The zero-order valence-electron chi connectivity index (χ0n) is 23.2. The van der Waals surface area contributed by atoms with Crippen LogP contribution in [-0.2, 0) is 32.1 Å². The van der Waals surface area contributed by atoms with Crippen molar-refractivity contribution in [3.8, 4) is 11.1 Å². The molecule has 1 aliphatic rings. The fourth-order valence-electron chi connectivity index (χ4n) is 5.15. The summed E-state index contributed by atoms with van der Waals surface area (Å²) < 4.78 is 11.3. The van der Waals surface area contributed by atoms with E-state index >= 15 is 0 Å². The first-order valence-electron chi connectivity index (χ1n) is 13.8. The Hall–Kier alpha value is -4.95. The number of anilines is 1. The summed E-state index contributed by atoms with van der Waals surface area (Å²) in [4.78, 5) is 37.0. The highest BCUT2D eigenvalue weighted by molar-refractivity contribution is 5.86. The van der Waals surface area contributed by atoms with Crippen LogP contribution in [0.5, 0.6) is 0 Å². The predicted molar refractivity (Wildman–Crippen MR) is 159 cm³/mol. The molecule has 0 saturated carbocycles. The van der Waals surface area contributed by atoms with Gasteiger partial charge in [0.1, 0.15) is 6.61 Å². The van der Waals surface area contributed by atoms with Crippen molar-refractivity contribution < 1.29 is 29.0 Å². The normalized spacial score (nSPS) is 13.4. The third kappa shape index (κ3) is 6.85. The van der Waals surface area contributed by atoms with Crippen molar-refractivity contribution in [2.24, 2.45) is 0 Å². The molecule has 2 atom stereocenters. The first-order valence-corrected chi connectivity index (χ1v) is 13.8. The van der Waals surface area contributed by atoms with Crippen LogP contribution in [0.4, 0.5) is 10.5 Å². The molecule has 0 spiro atoms. The molecule has 4 aromatic carbocycles. The fourth-order valence-corrected chi connectivity index (χ4v) is 5.15. The lowest BCUT2D eigenvalue weighted by atomic mass is 9.98. The number of fused-ring (bicyclic) bond motifs is 3. The predicted octanol–water partition coefficient (Wildman–Crippen LogP) is 5.76. The van der Waals surface area contributed by atoms with E-state index in [1.807, 2.05) is 54.6 Å². The zero-order chi connectivity index (χ0) is 29.5. The van der Waals surface area contributed by atoms with E-state index in [0.717, 1.165) is 27.8 Å². The average molecular weight is 565 g/mol. The Bertz CT molecular complexity index is 1510. The summed E-state index contributed by atoms with van der Waals surface area (Å²) in [6.07, 6.45) is -1.34. The molecule has 0 aliphatic heterocycles. The molecular weight excluding hydrogens is 532 g/mol. The number of carboxylic acids is 1. The Morgan fingerprint density at radius 2 is 1.38 bits per heavy atom. The number of aliphatic carboxylic acids is 1. The van der Waals surface area contributed by atoms with Gasteiger partial charge >= 0.3 is 12.1 Å². The summed E-state index contributed by atoms with van der Waals surface area (Å²) in [6, 6.07) is 31.2. The first kappa shape index (κ1) is 28.6. The topological polar surface area (TPSA) is 114 Å². The minimum Gasteiger partial charge on any atom is -0.480 e. The van der Waals surface area contributed by atoms with Gasteiger partial charge in [-0.25, -0.2) is 9.59 Å². The van der Waals surface area contributed by atoms with E-state index < -0.39 is 30.1 Å². The Morgan fingerprint density at radius 3 is 2.00 bits per heavy atom. The Kier molecular flexibility index (Phi) is 8.94. The summed E-state index contributed by atoms with van der Waals surface area (Å²) in [6.45, 7) is 2.06. The van der Waals surface area contributed by atoms with Crippen LogP contribution in [0.15, 0.2) is 103 Å². The van der Waals surface area contributed by atoms with Crippen molar-refractivity contribution in [1.29, 1.82) is 0 Å². The molecule has 8 heteroatoms. The van der Waals surface area contributed by atoms with E-state index in [0.29, 0.717) is 11.3 Å². The molecule has 0 heterocycles. The maximum atomic E-state index is 12.6. The lowest BCUT2D eigenvalue weighted by Crippen LogP contribution is -2.49. The highest BCUT2D eigenvalue weighted by Crippen LogP contribution is 2.44. The first-order chi connectivity index (χ1) is 20.4. The van der Waals surface area contributed by atoms with Crippen molar-refractivity contribution in [2.45, 2.75) is 38.0 Å². The highest BCUT2D eigenvalue weighted by atomic mass is 16.5. The van der Waals surface area contributed by atoms with E-state index in [9.17, 15) is 19.5 Å². The van der Waals surface area contributed by atoms with Gasteiger partial charge in [0.05, 0.1) is 19.1 Å². The second kappa shape index (κ2) is 13.1. The van der Waals surface area contributed by atoms with Gasteiger partial charge in [-0.3, -0.25) is 10.1 Å². The van der Waals surface area contributed by atoms with Crippen molar-refractivity contribution in [3.63, 3.8) is 0 Å². The third-order valence-corrected chi connectivity index (χ3v) is 7.32. The number of carbonyl (C=O) groups excluding carboxylic acids is 2. The van der Waals surface area contributed by atoms with Gasteiger partial charge in [0.2, 0.25) is 5.91 Å². The molecule has 4 aromatic rings. The van der Waals surface area contributed by atoms with Gasteiger partial charge in [-0.15, -0.1) is 0 Å². The van der Waals surface area contributed by atoms with Crippen LogP contribution in [0, 0.1) is 0 Å². The van der Waals surface area contributed by atoms with Crippen LogP contribution in [0.25, 0.3) is 11.1 Å². The molecule has 3 N–H and O–H groups in total. The quantitative estimate of drug-likeness (QED) is 0.213. The number of hydrogen-bond acceptors (Lipinski definition) is 5. The lowest BCUT2D eigenvalue weighted by molar-refractivity contribution is -0.146. The Morgan fingerprint density at radius 1 is 0.786 bits per heavy atom. The van der Waals surface area contributed by atoms with Gasteiger partial charge in [-0.1, -0.05) is 91.0 Å². The Labute approximate surface area is 244 Å². The van der Waals surface area contributed by atoms with Crippen LogP contribution in [0.1, 0.15) is 35.1 Å². The maximum absolute atomic E-state index is 12.6. The molecule has 1 aliphatic carbocycles. The number of benzene rings is 4. The fraction of sp³-hybridized carbons (Fsp3) is 0.206. The highest BCUT2D eigenvalue weighted by Gasteiger charge is 2.29. The molecular formula is C34H32N2O6. The molecule has 0 fully saturated rings. The van der Waals surface area contributed by atoms with Crippen LogP contribution >= 0.6 is 0 Å². The number of carboxylic acid groups (broad SMARTS) is 1. The third-order valence-electron chi connectivity index (χ3n) is 7.32. The molecule has 42 heavy (non-hydrogen) atoms. The minimum absolute atomic E-state index is 0.0274. The average Bonchev–Trinajstić information content (AvgIpc) is 3.32. The number of carbonyl (C=O) groups is 3. The molecule has 214 valence electrons. The molecule has 0 unspecified atom stereocenters. The number of ether oxygens (including phenoxy) is 2. The van der Waals surface area contributed by atoms with Crippen molar-refractivity contribution >= 4 is 23.7 Å². The van der Waals surface area contributed by atoms with Crippen molar-refractivity contribution in [2.75, 3.05) is 11.9 Å². The number of nitrogens with one attached hydrogen (secondary N) is 2. The van der Waals surface area contributed by atoms with Gasteiger partial charge in [0.15, 0.2) is 6.04 Å². The standard InChI is InChI=1S/C34H32N2O6/c1-22(41-20-24-9-3-2-4-10-24)32(33(38)39)36-31(37)19-23-15-17-25(18-16-23)35-34(40)42-21-30-28-13-7-5-11-26(28)27-12-6-8-14-29(27)30/h2-18,22,30,32H,19-21H2,1H3,(H,35,40)(H,36,37)(H,38,39)/t22-,32+/m1/s1. The van der Waals surface area contributed by atoms with Gasteiger partial charge < -0.3 is 19.9 Å². The van der Waals surface area contributed by atoms with Gasteiger partial charge in [-0.2, -0.15) is 0 Å². The molecule has 8 nitrogen and oxygen atoms in total. The number of rotatable bonds is 11. The van der Waals surface area contributed by atoms with Crippen LogP contribution < -0.4 is 10.6 Å². The lowest BCUT2D eigenvalue weighted by Gasteiger charge is -2.22. The summed E-state index contributed by atoms with van der Waals surface area (Å²) in [5.74, 6) is -1.66. The SMILES string of the molecule is C[C@@H](OCc1ccccc1)[C@H](NC(=O)Cc1ccc(NC(=O)OCC2c3ccccc3-c3ccccc32)cc1)C(=O)O. The number of amides is 2. The van der Waals surface area contributed by atoms with Crippen molar-refractivity contribution in [3.05, 3.63) is 125 Å². The van der Waals surface area contributed by atoms with Crippen molar-refractivity contribution in [1.82, 2.24) is 5.32 Å². The summed E-state index contributed by atoms with van der Waals surface area (Å²) in [5.41, 5.74) is 6.67. The molecule has 2 amide bonds. The largest absolute Gasteiger partial charge is 0.480 e. The second-order valence-corrected chi connectivity index (χ2v) is 10.2. The van der Waals surface area contributed by atoms with Gasteiger partial charge in [0.25, 0.3) is 0 Å². The monoisotopic (exact) mass is 564 g/mol. The summed E-state index contributed by atoms with van der Waals surface area (Å²) >= 11 is 0. The van der Waals surface area contributed by atoms with E-state index in [1.54, 1.807) is 31.2 Å². The number of hydrogen-bond donors (Lipinski definition) is 3. The molecule has 0 aromatic heterocycles. The summed E-state index contributed by atoms with van der Waals surface area (Å²) in [7, 11) is 0. The van der Waals surface area contributed by atoms with Crippen LogP contribution in [0.3, 0.4) is 0 Å². The van der Waals surface area contributed by atoms with Gasteiger partial charge in [-0.05, 0) is 52.4 Å². The van der Waals surface area contributed by atoms with E-state index in [1.165, 1.54) is 0 Å². The Balaban J connectivity index is 1.11. The smallest absolute Gasteiger partial charge is 0.411 e. The zero-order valence-corrected chi connectivity index (χ0v) is 23.2. The van der Waals surface area contributed by atoms with Crippen LogP contribution in [-0.4, -0.2) is 41.8 Å².